The van der Waals surface area contributed by atoms with Crippen molar-refractivity contribution in [2.45, 2.75) is 50.7 Å². The molecule has 34 heavy (non-hydrogen) atoms. The third-order valence-corrected chi connectivity index (χ3v) is 7.30. The van der Waals surface area contributed by atoms with E-state index in [4.69, 9.17) is 4.74 Å². The molecule has 0 aliphatic carbocycles. The van der Waals surface area contributed by atoms with Crippen molar-refractivity contribution in [2.24, 2.45) is 5.92 Å². The summed E-state index contributed by atoms with van der Waals surface area (Å²) in [6.07, 6.45) is 6.71. The average molecular weight is 472 g/mol. The van der Waals surface area contributed by atoms with Crippen molar-refractivity contribution in [3.8, 4) is 0 Å². The first-order valence-electron chi connectivity index (χ1n) is 12.0. The summed E-state index contributed by atoms with van der Waals surface area (Å²) < 4.78 is 20.5. The van der Waals surface area contributed by atoms with Gasteiger partial charge in [-0.3, -0.25) is 14.4 Å². The summed E-state index contributed by atoms with van der Waals surface area (Å²) in [4.78, 5) is 30.2. The number of methoxy groups -OCH3 is 1. The summed E-state index contributed by atoms with van der Waals surface area (Å²) in [6, 6.07) is 8.14. The fourth-order valence-electron chi connectivity index (χ4n) is 5.26. The van der Waals surface area contributed by atoms with Gasteiger partial charge in [0.15, 0.2) is 0 Å². The van der Waals surface area contributed by atoms with Crippen molar-refractivity contribution >= 4 is 11.9 Å². The molecule has 0 bridgehead atoms. The number of urea groups is 1. The molecular formula is C25H34FN5O3. The summed E-state index contributed by atoms with van der Waals surface area (Å²) >= 11 is 0. The molecule has 0 saturated carbocycles. The Balaban J connectivity index is 1.47. The number of rotatable bonds is 10. The number of ether oxygens (including phenoxy) is 1. The van der Waals surface area contributed by atoms with Crippen LogP contribution in [0.15, 0.2) is 42.7 Å². The normalized spacial score (nSPS) is 22.9. The zero-order chi connectivity index (χ0) is 24.1. The Labute approximate surface area is 200 Å². The number of aromatic nitrogens is 2. The largest absolute Gasteiger partial charge is 0.383 e. The molecule has 2 atom stereocenters. The lowest BCUT2D eigenvalue weighted by Gasteiger charge is -2.42. The third kappa shape index (κ3) is 5.15. The number of nitrogens with zero attached hydrogens (tertiary/aromatic N) is 4. The van der Waals surface area contributed by atoms with Crippen LogP contribution in [0.3, 0.4) is 0 Å². The summed E-state index contributed by atoms with van der Waals surface area (Å²) in [5.41, 5.74) is -0.189. The van der Waals surface area contributed by atoms with E-state index in [9.17, 15) is 14.0 Å². The summed E-state index contributed by atoms with van der Waals surface area (Å²) in [5.74, 6) is -0.529. The van der Waals surface area contributed by atoms with Crippen molar-refractivity contribution in [1.82, 2.24) is 24.9 Å². The molecule has 2 fully saturated rings. The molecule has 184 valence electrons. The van der Waals surface area contributed by atoms with E-state index in [0.29, 0.717) is 12.5 Å². The predicted octanol–water partition coefficient (Wildman–Crippen LogP) is 2.69. The Morgan fingerprint density at radius 2 is 1.94 bits per heavy atom. The highest BCUT2D eigenvalue weighted by atomic mass is 19.1. The highest BCUT2D eigenvalue weighted by Crippen LogP contribution is 2.37. The van der Waals surface area contributed by atoms with Crippen molar-refractivity contribution in [1.29, 1.82) is 0 Å². The van der Waals surface area contributed by atoms with Crippen LogP contribution in [0.25, 0.3) is 0 Å². The average Bonchev–Trinajstić information content (AvgIpc) is 3.45. The molecule has 1 aromatic heterocycles. The van der Waals surface area contributed by atoms with Crippen LogP contribution in [-0.2, 0) is 22.5 Å². The maximum absolute atomic E-state index is 13.7. The molecule has 0 radical (unpaired) electrons. The molecule has 0 spiro atoms. The molecule has 0 unspecified atom stereocenters. The second-order valence-corrected chi connectivity index (χ2v) is 9.37. The highest BCUT2D eigenvalue weighted by molar-refractivity contribution is 6.07. The lowest BCUT2D eigenvalue weighted by Crippen LogP contribution is -2.58. The molecular weight excluding hydrogens is 437 g/mol. The van der Waals surface area contributed by atoms with E-state index in [1.54, 1.807) is 25.4 Å². The van der Waals surface area contributed by atoms with E-state index >= 15 is 0 Å². The molecule has 1 aromatic carbocycles. The van der Waals surface area contributed by atoms with Crippen molar-refractivity contribution in [3.05, 3.63) is 54.1 Å². The standard InChI is InChI=1S/C25H34FN5O3/c1-19(8-15-30-12-3-11-27-30)29-13-9-21(10-14-29)25(18-20-4-6-22(26)7-5-20)23(32)31(16-17-34-2)24(33)28-25/h3-7,11-12,19,21H,8-10,13-18H2,1-2H3,(H,28,33)/t19-,25+/m1/s1. The number of aryl methyl sites for hydroxylation is 1. The zero-order valence-electron chi connectivity index (χ0n) is 20.0. The van der Waals surface area contributed by atoms with Gasteiger partial charge in [0.05, 0.1) is 13.2 Å². The fraction of sp³-hybridized carbons (Fsp3) is 0.560. The minimum atomic E-state index is -1.02. The zero-order valence-corrected chi connectivity index (χ0v) is 20.0. The Hall–Kier alpha value is -2.78. The molecule has 3 amide bonds. The number of hydrogen-bond donors (Lipinski definition) is 1. The van der Waals surface area contributed by atoms with Gasteiger partial charge in [0.25, 0.3) is 5.91 Å². The molecule has 3 heterocycles. The topological polar surface area (TPSA) is 79.7 Å². The lowest BCUT2D eigenvalue weighted by molar-refractivity contribution is -0.134. The predicted molar refractivity (Wildman–Crippen MR) is 126 cm³/mol. The Kier molecular flexibility index (Phi) is 7.63. The van der Waals surface area contributed by atoms with Crippen molar-refractivity contribution in [3.63, 3.8) is 0 Å². The number of likely N-dealkylation sites (tertiary alicyclic amines) is 1. The van der Waals surface area contributed by atoms with E-state index in [2.05, 4.69) is 22.2 Å². The number of carbonyl (C=O) groups excluding carboxylic acids is 2. The Bertz CT molecular complexity index is 959. The number of amides is 3. The quantitative estimate of drug-likeness (QED) is 0.539. The number of halogens is 1. The van der Waals surface area contributed by atoms with Gasteiger partial charge < -0.3 is 15.0 Å². The van der Waals surface area contributed by atoms with Gasteiger partial charge in [-0.25, -0.2) is 9.18 Å². The van der Waals surface area contributed by atoms with E-state index in [1.807, 2.05) is 16.9 Å². The van der Waals surface area contributed by atoms with Crippen LogP contribution in [-0.4, -0.2) is 76.5 Å². The van der Waals surface area contributed by atoms with E-state index < -0.39 is 5.54 Å². The van der Waals surface area contributed by atoms with Crippen LogP contribution in [0.2, 0.25) is 0 Å². The van der Waals surface area contributed by atoms with Crippen LogP contribution in [0.5, 0.6) is 0 Å². The maximum Gasteiger partial charge on any atom is 0.325 e. The molecule has 2 aliphatic rings. The Morgan fingerprint density at radius 3 is 2.59 bits per heavy atom. The second kappa shape index (κ2) is 10.7. The van der Waals surface area contributed by atoms with Gasteiger partial charge in [0, 0.05) is 38.5 Å². The monoisotopic (exact) mass is 471 g/mol. The van der Waals surface area contributed by atoms with Crippen molar-refractivity contribution in [2.75, 3.05) is 33.4 Å². The highest BCUT2D eigenvalue weighted by Gasteiger charge is 2.55. The lowest BCUT2D eigenvalue weighted by atomic mass is 9.73. The molecule has 9 heteroatoms. The first-order valence-corrected chi connectivity index (χ1v) is 12.0. The number of hydrogen-bond acceptors (Lipinski definition) is 5. The SMILES string of the molecule is COCCN1C(=O)N[C@@](Cc2ccc(F)cc2)(C2CCN([C@H](C)CCn3cccn3)CC2)C1=O. The van der Waals surface area contributed by atoms with Gasteiger partial charge in [-0.15, -0.1) is 0 Å². The molecule has 8 nitrogen and oxygen atoms in total. The second-order valence-electron chi connectivity index (χ2n) is 9.37. The van der Waals surface area contributed by atoms with E-state index in [1.165, 1.54) is 17.0 Å². The van der Waals surface area contributed by atoms with Gasteiger partial charge in [0.2, 0.25) is 0 Å². The van der Waals surface area contributed by atoms with Crippen LogP contribution < -0.4 is 5.32 Å². The van der Waals surface area contributed by atoms with Crippen molar-refractivity contribution < 1.29 is 18.7 Å². The molecule has 2 saturated heterocycles. The first-order chi connectivity index (χ1) is 16.4. The molecule has 2 aromatic rings. The molecule has 4 rings (SSSR count). The number of piperidine rings is 1. The van der Waals surface area contributed by atoms with Gasteiger partial charge in [-0.1, -0.05) is 12.1 Å². The first kappa shape index (κ1) is 24.3. The van der Waals surface area contributed by atoms with Crippen LogP contribution in [0.4, 0.5) is 9.18 Å². The van der Waals surface area contributed by atoms with Gasteiger partial charge in [-0.05, 0) is 69.0 Å². The van der Waals surface area contributed by atoms with Crippen LogP contribution in [0.1, 0.15) is 31.7 Å². The number of carbonyl (C=O) groups is 2. The maximum atomic E-state index is 13.7. The third-order valence-electron chi connectivity index (χ3n) is 7.30. The molecule has 1 N–H and O–H groups in total. The summed E-state index contributed by atoms with van der Waals surface area (Å²) in [6.45, 7) is 5.32. The van der Waals surface area contributed by atoms with Gasteiger partial charge in [0.1, 0.15) is 11.4 Å². The van der Waals surface area contributed by atoms with Gasteiger partial charge in [-0.2, -0.15) is 5.10 Å². The molecule has 2 aliphatic heterocycles. The number of imide groups is 1. The summed E-state index contributed by atoms with van der Waals surface area (Å²) in [7, 11) is 1.55. The minimum Gasteiger partial charge on any atom is -0.383 e. The van der Waals surface area contributed by atoms with Gasteiger partial charge >= 0.3 is 6.03 Å². The Morgan fingerprint density at radius 1 is 1.21 bits per heavy atom. The fourth-order valence-corrected chi connectivity index (χ4v) is 5.26. The van der Waals surface area contributed by atoms with E-state index in [0.717, 1.165) is 44.5 Å². The van der Waals surface area contributed by atoms with Crippen LogP contribution in [0, 0.1) is 11.7 Å². The number of benzene rings is 1. The minimum absolute atomic E-state index is 0.00360. The van der Waals surface area contributed by atoms with E-state index in [-0.39, 0.29) is 36.8 Å². The number of nitrogens with one attached hydrogen (secondary N) is 1. The summed E-state index contributed by atoms with van der Waals surface area (Å²) in [5, 5.41) is 7.33. The smallest absolute Gasteiger partial charge is 0.325 e. The van der Waals surface area contributed by atoms with Crippen LogP contribution >= 0.6 is 0 Å².